The Morgan fingerprint density at radius 2 is 1.16 bits per heavy atom. The van der Waals surface area contributed by atoms with Crippen molar-refractivity contribution in [3.8, 4) is 0 Å². The summed E-state index contributed by atoms with van der Waals surface area (Å²) in [4.78, 5) is 0. The Morgan fingerprint density at radius 1 is 0.640 bits per heavy atom. The van der Waals surface area contributed by atoms with Crippen LogP contribution in [0.1, 0.15) is 64.5 Å². The van der Waals surface area contributed by atoms with Gasteiger partial charge < -0.3 is 0 Å². The Hall–Kier alpha value is -2.34. The van der Waals surface area contributed by atoms with Crippen LogP contribution in [0.15, 0.2) is 72.8 Å². The van der Waals surface area contributed by atoms with Gasteiger partial charge in [0.25, 0.3) is 0 Å². The van der Waals surface area contributed by atoms with Gasteiger partial charge in [-0.25, -0.2) is 0 Å². The van der Waals surface area contributed by atoms with Gasteiger partial charge in [0.1, 0.15) is 0 Å². The van der Waals surface area contributed by atoms with E-state index in [0.717, 1.165) is 0 Å². The minimum Gasteiger partial charge on any atom is -0.0648 e. The SMILES string of the molecule is CCC1c2ccccc2C(c2ccc(C)cc2)C1c1ccc(C)cc1. The number of hydrogen-bond donors (Lipinski definition) is 0. The van der Waals surface area contributed by atoms with Gasteiger partial charge in [-0.3, -0.25) is 0 Å². The summed E-state index contributed by atoms with van der Waals surface area (Å²) in [7, 11) is 0. The van der Waals surface area contributed by atoms with Crippen LogP contribution in [-0.4, -0.2) is 0 Å². The number of rotatable bonds is 3. The van der Waals surface area contributed by atoms with E-state index in [2.05, 4.69) is 93.6 Å². The highest BCUT2D eigenvalue weighted by Gasteiger charge is 2.40. The summed E-state index contributed by atoms with van der Waals surface area (Å²) in [6, 6.07) is 27.5. The lowest BCUT2D eigenvalue weighted by Gasteiger charge is -2.26. The van der Waals surface area contributed by atoms with Crippen LogP contribution in [0.3, 0.4) is 0 Å². The van der Waals surface area contributed by atoms with Crippen molar-refractivity contribution < 1.29 is 0 Å². The van der Waals surface area contributed by atoms with E-state index in [-0.39, 0.29) is 0 Å². The summed E-state index contributed by atoms with van der Waals surface area (Å²) in [5, 5.41) is 0. The minimum absolute atomic E-state index is 0.449. The molecular formula is C25H26. The molecule has 0 N–H and O–H groups in total. The van der Waals surface area contributed by atoms with Gasteiger partial charge in [0, 0.05) is 11.8 Å². The zero-order chi connectivity index (χ0) is 17.4. The predicted molar refractivity (Wildman–Crippen MR) is 106 cm³/mol. The zero-order valence-corrected chi connectivity index (χ0v) is 15.4. The standard InChI is InChI=1S/C25H26/c1-4-21-22-7-5-6-8-23(22)25(20-15-11-18(3)12-16-20)24(21)19-13-9-17(2)10-14-19/h5-16,21,24-25H,4H2,1-3H3. The van der Waals surface area contributed by atoms with Crippen molar-refractivity contribution >= 4 is 0 Å². The molecule has 0 fully saturated rings. The van der Waals surface area contributed by atoms with Gasteiger partial charge in [0.15, 0.2) is 0 Å². The predicted octanol–water partition coefficient (Wildman–Crippen LogP) is 6.73. The Kier molecular flexibility index (Phi) is 4.21. The van der Waals surface area contributed by atoms with Crippen molar-refractivity contribution in [2.24, 2.45) is 0 Å². The highest BCUT2D eigenvalue weighted by molar-refractivity contribution is 5.51. The molecule has 126 valence electrons. The second kappa shape index (κ2) is 6.52. The summed E-state index contributed by atoms with van der Waals surface area (Å²) < 4.78 is 0. The van der Waals surface area contributed by atoms with Gasteiger partial charge in [0.2, 0.25) is 0 Å². The first-order chi connectivity index (χ1) is 12.2. The molecule has 3 unspecified atom stereocenters. The Bertz CT molecular complexity index is 855. The van der Waals surface area contributed by atoms with Crippen LogP contribution in [0.25, 0.3) is 0 Å². The summed E-state index contributed by atoms with van der Waals surface area (Å²) in [5.74, 6) is 1.56. The molecule has 0 aromatic heterocycles. The maximum absolute atomic E-state index is 2.35. The van der Waals surface area contributed by atoms with E-state index in [1.54, 1.807) is 5.56 Å². The van der Waals surface area contributed by atoms with E-state index in [0.29, 0.717) is 17.8 Å². The monoisotopic (exact) mass is 326 g/mol. The van der Waals surface area contributed by atoms with Gasteiger partial charge in [-0.05, 0) is 48.4 Å². The van der Waals surface area contributed by atoms with Crippen molar-refractivity contribution in [2.45, 2.75) is 44.9 Å². The summed E-state index contributed by atoms with van der Waals surface area (Å²) in [5.41, 5.74) is 8.64. The van der Waals surface area contributed by atoms with Gasteiger partial charge in [-0.2, -0.15) is 0 Å². The minimum atomic E-state index is 0.449. The highest BCUT2D eigenvalue weighted by atomic mass is 14.4. The lowest BCUT2D eigenvalue weighted by molar-refractivity contribution is 0.527. The fourth-order valence-electron chi connectivity index (χ4n) is 4.60. The molecule has 1 aliphatic rings. The van der Waals surface area contributed by atoms with Crippen LogP contribution in [0, 0.1) is 13.8 Å². The number of aryl methyl sites for hydroxylation is 2. The largest absolute Gasteiger partial charge is 0.0648 e. The van der Waals surface area contributed by atoms with Crippen LogP contribution in [0.4, 0.5) is 0 Å². The topological polar surface area (TPSA) is 0 Å². The van der Waals surface area contributed by atoms with Crippen LogP contribution < -0.4 is 0 Å². The third kappa shape index (κ3) is 2.80. The van der Waals surface area contributed by atoms with Crippen molar-refractivity contribution in [1.29, 1.82) is 0 Å². The molecular weight excluding hydrogens is 300 g/mol. The van der Waals surface area contributed by atoms with Crippen LogP contribution >= 0.6 is 0 Å². The summed E-state index contributed by atoms with van der Waals surface area (Å²) >= 11 is 0. The second-order valence-electron chi connectivity index (χ2n) is 7.47. The third-order valence-corrected chi connectivity index (χ3v) is 5.86. The van der Waals surface area contributed by atoms with E-state index in [9.17, 15) is 0 Å². The molecule has 0 saturated heterocycles. The van der Waals surface area contributed by atoms with Crippen molar-refractivity contribution in [1.82, 2.24) is 0 Å². The molecule has 0 saturated carbocycles. The van der Waals surface area contributed by atoms with E-state index in [4.69, 9.17) is 0 Å². The van der Waals surface area contributed by atoms with E-state index < -0.39 is 0 Å². The molecule has 4 rings (SSSR count). The van der Waals surface area contributed by atoms with Crippen LogP contribution in [0.2, 0.25) is 0 Å². The Labute approximate surface area is 151 Å². The molecule has 25 heavy (non-hydrogen) atoms. The molecule has 3 atom stereocenters. The molecule has 3 aromatic carbocycles. The number of hydrogen-bond acceptors (Lipinski definition) is 0. The first-order valence-electron chi connectivity index (χ1n) is 9.41. The van der Waals surface area contributed by atoms with Gasteiger partial charge >= 0.3 is 0 Å². The van der Waals surface area contributed by atoms with Crippen molar-refractivity contribution in [3.63, 3.8) is 0 Å². The quantitative estimate of drug-likeness (QED) is 0.501. The summed E-state index contributed by atoms with van der Waals surface area (Å²) in [6.07, 6.45) is 1.18. The Balaban J connectivity index is 1.89. The molecule has 0 nitrogen and oxygen atoms in total. The van der Waals surface area contributed by atoms with Gasteiger partial charge in [-0.15, -0.1) is 0 Å². The average molecular weight is 326 g/mol. The Morgan fingerprint density at radius 3 is 1.72 bits per heavy atom. The van der Waals surface area contributed by atoms with Crippen molar-refractivity contribution in [2.75, 3.05) is 0 Å². The first-order valence-corrected chi connectivity index (χ1v) is 9.41. The number of benzene rings is 3. The molecule has 0 radical (unpaired) electrons. The van der Waals surface area contributed by atoms with Crippen LogP contribution in [-0.2, 0) is 0 Å². The highest BCUT2D eigenvalue weighted by Crippen LogP contribution is 2.55. The van der Waals surface area contributed by atoms with Crippen molar-refractivity contribution in [3.05, 3.63) is 106 Å². The lowest BCUT2D eigenvalue weighted by Crippen LogP contribution is -2.11. The summed E-state index contributed by atoms with van der Waals surface area (Å²) in [6.45, 7) is 6.67. The van der Waals surface area contributed by atoms with E-state index in [1.807, 2.05) is 0 Å². The lowest BCUT2D eigenvalue weighted by atomic mass is 9.77. The fourth-order valence-corrected chi connectivity index (χ4v) is 4.60. The number of fused-ring (bicyclic) bond motifs is 1. The van der Waals surface area contributed by atoms with E-state index in [1.165, 1.54) is 34.2 Å². The third-order valence-electron chi connectivity index (χ3n) is 5.86. The fraction of sp³-hybridized carbons (Fsp3) is 0.280. The average Bonchev–Trinajstić information content (AvgIpc) is 2.97. The normalized spacial score (nSPS) is 22.0. The molecule has 3 aromatic rings. The maximum atomic E-state index is 2.35. The zero-order valence-electron chi connectivity index (χ0n) is 15.4. The van der Waals surface area contributed by atoms with Gasteiger partial charge in [0.05, 0.1) is 0 Å². The molecule has 0 bridgehead atoms. The molecule has 0 spiro atoms. The maximum Gasteiger partial charge on any atom is 0.0167 e. The van der Waals surface area contributed by atoms with Gasteiger partial charge in [-0.1, -0.05) is 90.8 Å². The first kappa shape index (κ1) is 16.1. The molecule has 0 heterocycles. The van der Waals surface area contributed by atoms with E-state index >= 15 is 0 Å². The molecule has 1 aliphatic carbocycles. The molecule has 0 heteroatoms. The van der Waals surface area contributed by atoms with Crippen LogP contribution in [0.5, 0.6) is 0 Å². The molecule has 0 amide bonds. The second-order valence-corrected chi connectivity index (χ2v) is 7.47. The smallest absolute Gasteiger partial charge is 0.0167 e. The molecule has 0 aliphatic heterocycles.